The summed E-state index contributed by atoms with van der Waals surface area (Å²) in [5.41, 5.74) is 2.66. The highest BCUT2D eigenvalue weighted by molar-refractivity contribution is 6.05. The number of carbonyl (C=O) groups excluding carboxylic acids is 2. The van der Waals surface area contributed by atoms with E-state index in [2.05, 4.69) is 5.32 Å². The van der Waals surface area contributed by atoms with Crippen molar-refractivity contribution in [3.8, 4) is 0 Å². The topological polar surface area (TPSA) is 55.4 Å². The largest absolute Gasteiger partial charge is 0.380 e. The van der Waals surface area contributed by atoms with Crippen LogP contribution in [0.1, 0.15) is 33.2 Å². The number of nitrogens with one attached hydrogen (secondary N) is 1. The molecule has 0 bridgehead atoms. The summed E-state index contributed by atoms with van der Waals surface area (Å²) in [6.45, 7) is 1.95. The highest BCUT2D eigenvalue weighted by atomic mass is 16.5. The molecule has 0 unspecified atom stereocenters. The predicted molar refractivity (Wildman–Crippen MR) is 81.6 cm³/mol. The third-order valence-electron chi connectivity index (χ3n) is 3.03. The van der Waals surface area contributed by atoms with Crippen molar-refractivity contribution in [3.63, 3.8) is 0 Å². The van der Waals surface area contributed by atoms with Crippen LogP contribution in [-0.2, 0) is 11.3 Å². The molecule has 0 radical (unpaired) electrons. The van der Waals surface area contributed by atoms with E-state index in [9.17, 15) is 9.59 Å². The summed E-state index contributed by atoms with van der Waals surface area (Å²) in [5.74, 6) is -0.248. The zero-order valence-electron chi connectivity index (χ0n) is 12.1. The van der Waals surface area contributed by atoms with Crippen molar-refractivity contribution in [1.82, 2.24) is 0 Å². The van der Waals surface area contributed by atoms with Gasteiger partial charge in [-0.2, -0.15) is 0 Å². The van der Waals surface area contributed by atoms with Crippen LogP contribution in [-0.4, -0.2) is 18.8 Å². The quantitative estimate of drug-likeness (QED) is 0.857. The van der Waals surface area contributed by atoms with E-state index in [0.717, 1.165) is 5.56 Å². The second kappa shape index (κ2) is 6.81. The van der Waals surface area contributed by atoms with E-state index in [1.165, 1.54) is 6.92 Å². The zero-order valence-corrected chi connectivity index (χ0v) is 12.1. The molecule has 0 aliphatic carbocycles. The number of benzene rings is 2. The lowest BCUT2D eigenvalue weighted by Gasteiger charge is -2.08. The average Bonchev–Trinajstić information content (AvgIpc) is 2.48. The minimum Gasteiger partial charge on any atom is -0.380 e. The minimum atomic E-state index is -0.214. The Morgan fingerprint density at radius 2 is 1.76 bits per heavy atom. The summed E-state index contributed by atoms with van der Waals surface area (Å²) in [6.07, 6.45) is 0. The van der Waals surface area contributed by atoms with Crippen LogP contribution in [0.4, 0.5) is 5.69 Å². The molecule has 0 heterocycles. The normalized spacial score (nSPS) is 10.2. The van der Waals surface area contributed by atoms with Crippen molar-refractivity contribution in [2.75, 3.05) is 12.4 Å². The molecule has 0 saturated heterocycles. The molecule has 1 N–H and O–H groups in total. The van der Waals surface area contributed by atoms with Gasteiger partial charge in [0.25, 0.3) is 5.91 Å². The Morgan fingerprint density at radius 3 is 2.48 bits per heavy atom. The molecule has 2 aromatic carbocycles. The van der Waals surface area contributed by atoms with Crippen molar-refractivity contribution < 1.29 is 14.3 Å². The van der Waals surface area contributed by atoms with Crippen molar-refractivity contribution in [2.24, 2.45) is 0 Å². The molecular weight excluding hydrogens is 266 g/mol. The van der Waals surface area contributed by atoms with Gasteiger partial charge in [0.1, 0.15) is 0 Å². The molecule has 1 amide bonds. The maximum Gasteiger partial charge on any atom is 0.255 e. The van der Waals surface area contributed by atoms with E-state index in [1.54, 1.807) is 43.5 Å². The first-order chi connectivity index (χ1) is 10.1. The minimum absolute atomic E-state index is 0.0341. The molecule has 0 atom stereocenters. The molecule has 2 aromatic rings. The van der Waals surface area contributed by atoms with Gasteiger partial charge in [0.2, 0.25) is 0 Å². The molecule has 21 heavy (non-hydrogen) atoms. The van der Waals surface area contributed by atoms with Gasteiger partial charge in [-0.1, -0.05) is 24.3 Å². The third kappa shape index (κ3) is 4.00. The van der Waals surface area contributed by atoms with E-state index >= 15 is 0 Å². The summed E-state index contributed by atoms with van der Waals surface area (Å²) < 4.78 is 5.05. The molecule has 0 saturated carbocycles. The van der Waals surface area contributed by atoms with Crippen molar-refractivity contribution in [2.45, 2.75) is 13.5 Å². The fourth-order valence-corrected chi connectivity index (χ4v) is 1.99. The number of ketones is 1. The van der Waals surface area contributed by atoms with E-state index < -0.39 is 0 Å². The second-order valence-electron chi connectivity index (χ2n) is 4.72. The van der Waals surface area contributed by atoms with Gasteiger partial charge in [0.15, 0.2) is 5.78 Å². The van der Waals surface area contributed by atoms with Gasteiger partial charge in [-0.25, -0.2) is 0 Å². The molecule has 0 aliphatic heterocycles. The van der Waals surface area contributed by atoms with E-state index in [-0.39, 0.29) is 11.7 Å². The van der Waals surface area contributed by atoms with E-state index in [1.807, 2.05) is 12.1 Å². The molecule has 0 aliphatic rings. The summed E-state index contributed by atoms with van der Waals surface area (Å²) in [7, 11) is 1.61. The summed E-state index contributed by atoms with van der Waals surface area (Å²) in [4.78, 5) is 23.6. The Bertz CT molecular complexity index is 665. The van der Waals surface area contributed by atoms with Gasteiger partial charge >= 0.3 is 0 Å². The van der Waals surface area contributed by atoms with Crippen molar-refractivity contribution >= 4 is 17.4 Å². The number of hydrogen-bond acceptors (Lipinski definition) is 3. The number of methoxy groups -OCH3 is 1. The maximum absolute atomic E-state index is 12.2. The molecule has 108 valence electrons. The van der Waals surface area contributed by atoms with Gasteiger partial charge in [0, 0.05) is 23.9 Å². The van der Waals surface area contributed by atoms with Crippen LogP contribution in [0.25, 0.3) is 0 Å². The van der Waals surface area contributed by atoms with Crippen molar-refractivity contribution in [1.29, 1.82) is 0 Å². The highest BCUT2D eigenvalue weighted by Gasteiger charge is 2.08. The Morgan fingerprint density at radius 1 is 1.05 bits per heavy atom. The Kier molecular flexibility index (Phi) is 4.85. The fourth-order valence-electron chi connectivity index (χ4n) is 1.99. The van der Waals surface area contributed by atoms with Crippen LogP contribution in [0.3, 0.4) is 0 Å². The molecular formula is C17H17NO3. The Hall–Kier alpha value is -2.46. The number of anilines is 1. The van der Waals surface area contributed by atoms with Crippen LogP contribution < -0.4 is 5.32 Å². The molecule has 0 fully saturated rings. The van der Waals surface area contributed by atoms with Crippen LogP contribution in [0.2, 0.25) is 0 Å². The first-order valence-electron chi connectivity index (χ1n) is 6.60. The Balaban J connectivity index is 2.16. The van der Waals surface area contributed by atoms with Gasteiger partial charge < -0.3 is 10.1 Å². The van der Waals surface area contributed by atoms with Crippen LogP contribution >= 0.6 is 0 Å². The fraction of sp³-hybridized carbons (Fsp3) is 0.176. The number of carbonyl (C=O) groups is 2. The maximum atomic E-state index is 12.2. The number of amides is 1. The monoisotopic (exact) mass is 283 g/mol. The van der Waals surface area contributed by atoms with E-state index in [0.29, 0.717) is 23.4 Å². The third-order valence-corrected chi connectivity index (χ3v) is 3.03. The Labute approximate surface area is 123 Å². The molecule has 2 rings (SSSR count). The predicted octanol–water partition coefficient (Wildman–Crippen LogP) is 3.29. The lowest BCUT2D eigenvalue weighted by atomic mass is 10.1. The zero-order chi connectivity index (χ0) is 15.2. The first-order valence-corrected chi connectivity index (χ1v) is 6.60. The van der Waals surface area contributed by atoms with Crippen LogP contribution in [0.5, 0.6) is 0 Å². The van der Waals surface area contributed by atoms with Crippen LogP contribution in [0.15, 0.2) is 48.5 Å². The molecule has 0 aromatic heterocycles. The molecule has 4 heteroatoms. The van der Waals surface area contributed by atoms with Gasteiger partial charge in [-0.15, -0.1) is 0 Å². The highest BCUT2D eigenvalue weighted by Crippen LogP contribution is 2.14. The summed E-state index contributed by atoms with van der Waals surface area (Å²) in [6, 6.07) is 14.1. The number of Topliss-reactive ketones (excluding diaryl/α,β-unsaturated/α-hetero) is 1. The first kappa shape index (κ1) is 14.9. The smallest absolute Gasteiger partial charge is 0.255 e. The van der Waals surface area contributed by atoms with E-state index in [4.69, 9.17) is 4.74 Å². The SMILES string of the molecule is COCc1cccc(C(=O)Nc2cccc(C(C)=O)c2)c1. The van der Waals surface area contributed by atoms with Crippen molar-refractivity contribution in [3.05, 3.63) is 65.2 Å². The number of ether oxygens (including phenoxy) is 1. The van der Waals surface area contributed by atoms with Gasteiger partial charge in [-0.05, 0) is 36.8 Å². The molecule has 0 spiro atoms. The lowest BCUT2D eigenvalue weighted by molar-refractivity contribution is 0.101. The summed E-state index contributed by atoms with van der Waals surface area (Å²) >= 11 is 0. The average molecular weight is 283 g/mol. The lowest BCUT2D eigenvalue weighted by Crippen LogP contribution is -2.12. The van der Waals surface area contributed by atoms with Gasteiger partial charge in [-0.3, -0.25) is 9.59 Å². The standard InChI is InChI=1S/C17H17NO3/c1-12(19)14-6-4-8-16(10-14)18-17(20)15-7-3-5-13(9-15)11-21-2/h3-10H,11H2,1-2H3,(H,18,20). The number of hydrogen-bond donors (Lipinski definition) is 1. The molecule has 4 nitrogen and oxygen atoms in total. The summed E-state index contributed by atoms with van der Waals surface area (Å²) in [5, 5.41) is 2.79. The second-order valence-corrected chi connectivity index (χ2v) is 4.72. The van der Waals surface area contributed by atoms with Crippen LogP contribution in [0, 0.1) is 0 Å². The number of rotatable bonds is 5. The van der Waals surface area contributed by atoms with Gasteiger partial charge in [0.05, 0.1) is 6.61 Å².